The molecule has 4 aliphatic rings. The normalized spacial score (nSPS) is 29.6. The van der Waals surface area contributed by atoms with Crippen molar-refractivity contribution in [3.05, 3.63) is 33.4 Å². The second kappa shape index (κ2) is 15.6. The van der Waals surface area contributed by atoms with Crippen LogP contribution in [0.5, 0.6) is 0 Å². The third-order valence-corrected chi connectivity index (χ3v) is 11.0. The number of halogens is 1. The second-order valence-corrected chi connectivity index (χ2v) is 15.9. The zero-order valence-electron chi connectivity index (χ0n) is 29.0. The van der Waals surface area contributed by atoms with Gasteiger partial charge in [-0.15, -0.1) is 0 Å². The lowest BCUT2D eigenvalue weighted by Crippen LogP contribution is -2.70. The number of esters is 2. The van der Waals surface area contributed by atoms with Gasteiger partial charge >= 0.3 is 11.9 Å². The van der Waals surface area contributed by atoms with Crippen molar-refractivity contribution in [2.75, 3.05) is 6.61 Å². The predicted molar refractivity (Wildman–Crippen MR) is 185 cm³/mol. The fraction of sp³-hybridized carbons (Fsp3) is 0.750. The summed E-state index contributed by atoms with van der Waals surface area (Å²) in [6.45, 7) is 9.57. The minimum atomic E-state index is -1.37. The number of carbonyl (C=O) groups excluding carboxylic acids is 3. The van der Waals surface area contributed by atoms with Crippen LogP contribution in [0.1, 0.15) is 111 Å². The van der Waals surface area contributed by atoms with E-state index in [0.29, 0.717) is 12.8 Å². The molecule has 1 amide bonds. The van der Waals surface area contributed by atoms with Crippen molar-refractivity contribution in [3.63, 3.8) is 0 Å². The lowest BCUT2D eigenvalue weighted by molar-refractivity contribution is -0.224. The summed E-state index contributed by atoms with van der Waals surface area (Å²) in [5, 5.41) is 14.9. The first-order chi connectivity index (χ1) is 22.9. The molecule has 4 fully saturated rings. The summed E-state index contributed by atoms with van der Waals surface area (Å²) < 4.78 is 26.3. The van der Waals surface area contributed by atoms with Crippen LogP contribution in [-0.4, -0.2) is 82.5 Å². The molecule has 11 nitrogen and oxygen atoms in total. The van der Waals surface area contributed by atoms with Crippen molar-refractivity contribution in [1.82, 2.24) is 10.4 Å². The van der Waals surface area contributed by atoms with Gasteiger partial charge in [0.05, 0.1) is 19.2 Å². The molecule has 3 aliphatic heterocycles. The van der Waals surface area contributed by atoms with Crippen LogP contribution in [-0.2, 0) is 44.7 Å². The molecule has 2 N–H and O–H groups in total. The average molecular weight is 785 g/mol. The van der Waals surface area contributed by atoms with Gasteiger partial charge in [0.25, 0.3) is 0 Å². The Labute approximate surface area is 298 Å². The number of amides is 1. The number of aliphatic hydroxyl groups excluding tert-OH is 1. The Morgan fingerprint density at radius 2 is 1.75 bits per heavy atom. The lowest BCUT2D eigenvalue weighted by atomic mass is 9.62. The molecule has 3 saturated heterocycles. The van der Waals surface area contributed by atoms with Gasteiger partial charge in [0.1, 0.15) is 35.4 Å². The van der Waals surface area contributed by atoms with Crippen molar-refractivity contribution < 1.29 is 43.3 Å². The van der Waals surface area contributed by atoms with E-state index in [2.05, 4.69) is 41.8 Å². The first kappa shape index (κ1) is 37.4. The molecule has 1 saturated carbocycles. The van der Waals surface area contributed by atoms with Gasteiger partial charge in [0.2, 0.25) is 5.91 Å². The molecule has 48 heavy (non-hydrogen) atoms. The van der Waals surface area contributed by atoms with E-state index in [-0.39, 0.29) is 32.4 Å². The van der Waals surface area contributed by atoms with Gasteiger partial charge in [-0.1, -0.05) is 57.7 Å². The number of unbranched alkanes of at least 4 members (excludes halogenated alkanes) is 4. The molecular formula is C36H53IN2O9. The van der Waals surface area contributed by atoms with Gasteiger partial charge < -0.3 is 29.4 Å². The number of benzene rings is 1. The Balaban J connectivity index is 1.47. The highest BCUT2D eigenvalue weighted by Gasteiger charge is 2.76. The van der Waals surface area contributed by atoms with E-state index in [1.807, 2.05) is 24.3 Å². The number of hydrogen-bond acceptors (Lipinski definition) is 10. The molecule has 1 aliphatic carbocycles. The molecule has 2 bridgehead atoms. The molecule has 12 heteroatoms. The number of hydroxylamine groups is 2. The number of nitrogens with one attached hydrogen (secondary N) is 1. The smallest absolute Gasteiger partial charge is 0.327 e. The van der Waals surface area contributed by atoms with Gasteiger partial charge in [-0.05, 0) is 74.3 Å². The fourth-order valence-electron chi connectivity index (χ4n) is 7.70. The van der Waals surface area contributed by atoms with Crippen molar-refractivity contribution in [1.29, 1.82) is 0 Å². The predicted octanol–water partition coefficient (Wildman–Crippen LogP) is 5.33. The number of fused-ring (bicyclic) bond motifs is 4. The summed E-state index contributed by atoms with van der Waals surface area (Å²) in [5.41, 5.74) is -1.07. The van der Waals surface area contributed by atoms with Crippen LogP contribution in [0.25, 0.3) is 0 Å². The Bertz CT molecular complexity index is 1290. The van der Waals surface area contributed by atoms with Gasteiger partial charge in [-0.3, -0.25) is 19.2 Å². The summed E-state index contributed by atoms with van der Waals surface area (Å²) in [7, 11) is 0. The summed E-state index contributed by atoms with van der Waals surface area (Å²) in [5.74, 6) is -2.24. The molecule has 7 atom stereocenters. The number of ether oxygens (including phenoxy) is 4. The first-order valence-electron chi connectivity index (χ1n) is 17.7. The number of aliphatic hydroxyl groups is 1. The quantitative estimate of drug-likeness (QED) is 0.129. The summed E-state index contributed by atoms with van der Waals surface area (Å²) in [6, 6.07) is 6.05. The van der Waals surface area contributed by atoms with Crippen LogP contribution >= 0.6 is 22.6 Å². The van der Waals surface area contributed by atoms with Crippen molar-refractivity contribution >= 4 is 40.4 Å². The van der Waals surface area contributed by atoms with Crippen LogP contribution in [0.15, 0.2) is 24.3 Å². The Morgan fingerprint density at radius 1 is 1.08 bits per heavy atom. The molecule has 268 valence electrons. The van der Waals surface area contributed by atoms with Gasteiger partial charge in [0, 0.05) is 29.3 Å². The van der Waals surface area contributed by atoms with Gasteiger partial charge in [0.15, 0.2) is 11.8 Å². The minimum absolute atomic E-state index is 0.0159. The average Bonchev–Trinajstić information content (AvgIpc) is 3.58. The minimum Gasteiger partial charge on any atom is -0.460 e. The zero-order chi connectivity index (χ0) is 34.7. The van der Waals surface area contributed by atoms with Crippen molar-refractivity contribution in [2.45, 2.75) is 160 Å². The molecule has 2 unspecified atom stereocenters. The Morgan fingerprint density at radius 3 is 2.38 bits per heavy atom. The molecule has 3 heterocycles. The highest BCUT2D eigenvalue weighted by molar-refractivity contribution is 14.1. The van der Waals surface area contributed by atoms with Crippen LogP contribution in [0.2, 0.25) is 0 Å². The van der Waals surface area contributed by atoms with E-state index in [9.17, 15) is 19.5 Å². The van der Waals surface area contributed by atoms with Crippen molar-refractivity contribution in [3.8, 4) is 0 Å². The van der Waals surface area contributed by atoms with E-state index in [4.69, 9.17) is 23.8 Å². The molecule has 0 radical (unpaired) electrons. The van der Waals surface area contributed by atoms with E-state index in [0.717, 1.165) is 47.7 Å². The van der Waals surface area contributed by atoms with E-state index < -0.39 is 71.1 Å². The number of hydrogen-bond donors (Lipinski definition) is 2. The molecule has 0 aromatic heterocycles. The van der Waals surface area contributed by atoms with Gasteiger partial charge in [-0.2, -0.15) is 5.06 Å². The Kier molecular flexibility index (Phi) is 12.2. The van der Waals surface area contributed by atoms with Crippen molar-refractivity contribution in [2.24, 2.45) is 5.41 Å². The topological polar surface area (TPSA) is 133 Å². The monoisotopic (exact) mass is 784 g/mol. The standard InChI is InChI=1S/C36H53IN2O9/c1-6-8-12-18-35(19-13-9-7-2)46-28-26-20-36(33(43)38-24(22-40)16-17-27(41)45-34(3,4)5)30(32(42)44-26)39(48-31(36)29(28)47-35)21-23-14-10-11-15-25(23)37/h10-11,14-15,24,26,28-31,40H,6-9,12-13,16-22H2,1-5H3,(H,38,43)/t24-,26?,28-,29-,30-,31+,36?/m0/s1. The maximum absolute atomic E-state index is 14.7. The maximum Gasteiger partial charge on any atom is 0.327 e. The third kappa shape index (κ3) is 7.88. The summed E-state index contributed by atoms with van der Waals surface area (Å²) in [6.07, 6.45) is 5.09. The zero-order valence-corrected chi connectivity index (χ0v) is 31.2. The maximum atomic E-state index is 14.7. The molecule has 5 rings (SSSR count). The van der Waals surface area contributed by atoms with Crippen LogP contribution in [0.3, 0.4) is 0 Å². The van der Waals surface area contributed by atoms with Crippen LogP contribution < -0.4 is 5.32 Å². The molecule has 0 spiro atoms. The SMILES string of the molecule is CCCCCC1(CCCCC)O[C@@H]2[C@H]3ON(Cc4ccccc4I)[C@H]4C(=O)OC(CC34C(=O)N[C@H](CO)CCC(=O)OC(C)(C)C)[C@@H]2O1. The number of rotatable bonds is 16. The number of nitrogens with zero attached hydrogens (tertiary/aromatic N) is 1. The molecule has 1 aromatic rings. The lowest BCUT2D eigenvalue weighted by Gasteiger charge is -2.49. The molecule has 1 aromatic carbocycles. The summed E-state index contributed by atoms with van der Waals surface area (Å²) in [4.78, 5) is 47.8. The van der Waals surface area contributed by atoms with Crippen LogP contribution in [0, 0.1) is 8.99 Å². The third-order valence-electron chi connectivity index (χ3n) is 9.95. The summed E-state index contributed by atoms with van der Waals surface area (Å²) >= 11 is 2.26. The fourth-order valence-corrected chi connectivity index (χ4v) is 8.26. The van der Waals surface area contributed by atoms with E-state index in [1.54, 1.807) is 25.8 Å². The van der Waals surface area contributed by atoms with E-state index >= 15 is 0 Å². The molecular weight excluding hydrogens is 731 g/mol. The largest absolute Gasteiger partial charge is 0.460 e. The van der Waals surface area contributed by atoms with Crippen LogP contribution in [0.4, 0.5) is 0 Å². The highest BCUT2D eigenvalue weighted by atomic mass is 127. The second-order valence-electron chi connectivity index (χ2n) is 14.8. The van der Waals surface area contributed by atoms with E-state index in [1.165, 1.54) is 0 Å². The number of carbonyl (C=O) groups is 3. The highest BCUT2D eigenvalue weighted by Crippen LogP contribution is 2.58. The first-order valence-corrected chi connectivity index (χ1v) is 18.8. The van der Waals surface area contributed by atoms with Gasteiger partial charge in [-0.25, -0.2) is 0 Å². The Hall–Kier alpha value is -1.84.